The maximum Gasteiger partial charge on any atom is 0.360 e. The predicted octanol–water partition coefficient (Wildman–Crippen LogP) is 1.82. The minimum atomic E-state index is -1.10. The van der Waals surface area contributed by atoms with Crippen LogP contribution in [0.15, 0.2) is 29.1 Å². The van der Waals surface area contributed by atoms with Crippen LogP contribution >= 0.6 is 0 Å². The summed E-state index contributed by atoms with van der Waals surface area (Å²) in [7, 11) is 1.45. The van der Waals surface area contributed by atoms with Crippen molar-refractivity contribution < 1.29 is 14.3 Å². The normalized spacial score (nSPS) is 16.8. The molecule has 0 aliphatic heterocycles. The second kappa shape index (κ2) is 7.80. The second-order valence-corrected chi connectivity index (χ2v) is 7.11. The Balaban J connectivity index is 1.79. The number of amides is 1. The molecule has 1 aliphatic rings. The summed E-state index contributed by atoms with van der Waals surface area (Å²) in [5.41, 5.74) is -1.27. The first-order valence-corrected chi connectivity index (χ1v) is 9.27. The summed E-state index contributed by atoms with van der Waals surface area (Å²) in [6, 6.07) is 8.80. The lowest BCUT2D eigenvalue weighted by atomic mass is 9.83. The van der Waals surface area contributed by atoms with E-state index in [2.05, 4.69) is 16.5 Å². The van der Waals surface area contributed by atoms with E-state index in [0.29, 0.717) is 23.6 Å². The summed E-state index contributed by atoms with van der Waals surface area (Å²) in [4.78, 5) is 37.3. The van der Waals surface area contributed by atoms with Crippen molar-refractivity contribution in [3.63, 3.8) is 0 Å². The Morgan fingerprint density at radius 1 is 1.25 bits per heavy atom. The average Bonchev–Trinajstić information content (AvgIpc) is 2.71. The highest BCUT2D eigenvalue weighted by atomic mass is 16.5. The highest BCUT2D eigenvalue weighted by Gasteiger charge is 2.35. The van der Waals surface area contributed by atoms with E-state index in [-0.39, 0.29) is 11.3 Å². The van der Waals surface area contributed by atoms with Crippen molar-refractivity contribution in [3.05, 3.63) is 40.3 Å². The van der Waals surface area contributed by atoms with Gasteiger partial charge in [0.1, 0.15) is 5.54 Å². The molecular formula is C20H22N4O4. The van der Waals surface area contributed by atoms with Crippen molar-refractivity contribution in [3.8, 4) is 6.07 Å². The summed E-state index contributed by atoms with van der Waals surface area (Å²) >= 11 is 0. The quantitative estimate of drug-likeness (QED) is 0.807. The Bertz CT molecular complexity index is 1020. The Morgan fingerprint density at radius 3 is 2.54 bits per heavy atom. The number of esters is 1. The van der Waals surface area contributed by atoms with Crippen LogP contribution in [-0.2, 0) is 16.6 Å². The van der Waals surface area contributed by atoms with E-state index < -0.39 is 23.5 Å². The zero-order valence-corrected chi connectivity index (χ0v) is 15.9. The minimum Gasteiger partial charge on any atom is -0.448 e. The molecule has 146 valence electrons. The molecule has 1 N–H and O–H groups in total. The Morgan fingerprint density at radius 2 is 1.89 bits per heavy atom. The lowest BCUT2D eigenvalue weighted by Gasteiger charge is -2.32. The molecule has 1 saturated carbocycles. The molecule has 0 unspecified atom stereocenters. The number of carbonyl (C=O) groups is 2. The van der Waals surface area contributed by atoms with Gasteiger partial charge < -0.3 is 10.1 Å². The molecule has 0 spiro atoms. The topological polar surface area (TPSA) is 114 Å². The summed E-state index contributed by atoms with van der Waals surface area (Å²) in [6.45, 7) is 1.45. The van der Waals surface area contributed by atoms with Crippen molar-refractivity contribution in [2.75, 3.05) is 0 Å². The van der Waals surface area contributed by atoms with Crippen LogP contribution in [0.25, 0.3) is 10.8 Å². The first-order valence-electron chi connectivity index (χ1n) is 9.27. The predicted molar refractivity (Wildman–Crippen MR) is 101 cm³/mol. The summed E-state index contributed by atoms with van der Waals surface area (Å²) in [6.07, 6.45) is 2.85. The van der Waals surface area contributed by atoms with Gasteiger partial charge in [0.15, 0.2) is 11.8 Å². The van der Waals surface area contributed by atoms with Gasteiger partial charge in [0.25, 0.3) is 11.5 Å². The standard InChI is InChI=1S/C20H22N4O4/c1-13(17(25)22-20(12-21)10-6-3-7-11-20)28-19(27)16-14-8-4-5-9-15(14)18(26)24(2)23-16/h4-5,8-9,13H,3,6-7,10-11H2,1-2H3,(H,22,25)/t13-/m1/s1. The molecule has 0 bridgehead atoms. The van der Waals surface area contributed by atoms with Crippen molar-refractivity contribution >= 4 is 22.6 Å². The van der Waals surface area contributed by atoms with Crippen LogP contribution in [0.4, 0.5) is 0 Å². The van der Waals surface area contributed by atoms with Crippen LogP contribution < -0.4 is 10.9 Å². The van der Waals surface area contributed by atoms with Crippen LogP contribution in [0.2, 0.25) is 0 Å². The number of nitrogens with one attached hydrogen (secondary N) is 1. The molecule has 3 rings (SSSR count). The van der Waals surface area contributed by atoms with Crippen LogP contribution in [0.1, 0.15) is 49.5 Å². The van der Waals surface area contributed by atoms with Gasteiger partial charge in [0, 0.05) is 12.4 Å². The molecule has 1 aromatic carbocycles. The number of aromatic nitrogens is 2. The minimum absolute atomic E-state index is 0.0370. The average molecular weight is 382 g/mol. The molecule has 8 heteroatoms. The third-order valence-corrected chi connectivity index (χ3v) is 5.09. The van der Waals surface area contributed by atoms with E-state index in [1.165, 1.54) is 14.0 Å². The van der Waals surface area contributed by atoms with Gasteiger partial charge in [-0.1, -0.05) is 37.5 Å². The number of carbonyl (C=O) groups excluding carboxylic acids is 2. The van der Waals surface area contributed by atoms with Crippen molar-refractivity contribution in [2.45, 2.75) is 50.7 Å². The van der Waals surface area contributed by atoms with Crippen LogP contribution in [0, 0.1) is 11.3 Å². The van der Waals surface area contributed by atoms with Gasteiger partial charge in [-0.25, -0.2) is 9.48 Å². The fraction of sp³-hybridized carbons (Fsp3) is 0.450. The molecule has 1 atom stereocenters. The van der Waals surface area contributed by atoms with Gasteiger partial charge in [-0.05, 0) is 25.8 Å². The zero-order chi connectivity index (χ0) is 20.3. The zero-order valence-electron chi connectivity index (χ0n) is 15.9. The third kappa shape index (κ3) is 3.74. The van der Waals surface area contributed by atoms with Crippen LogP contribution in [0.5, 0.6) is 0 Å². The first-order chi connectivity index (χ1) is 13.4. The number of ether oxygens (including phenoxy) is 1. The van der Waals surface area contributed by atoms with Crippen LogP contribution in [0.3, 0.4) is 0 Å². The van der Waals surface area contributed by atoms with E-state index in [9.17, 15) is 19.6 Å². The smallest absolute Gasteiger partial charge is 0.360 e. The number of nitrogens with zero attached hydrogens (tertiary/aromatic N) is 3. The lowest BCUT2D eigenvalue weighted by molar-refractivity contribution is -0.130. The van der Waals surface area contributed by atoms with E-state index in [1.54, 1.807) is 24.3 Å². The molecule has 1 aromatic heterocycles. The number of nitriles is 1. The SMILES string of the molecule is C[C@@H](OC(=O)c1nn(C)c(=O)c2ccccc12)C(=O)NC1(C#N)CCCCC1. The van der Waals surface area contributed by atoms with Gasteiger partial charge in [0.2, 0.25) is 0 Å². The summed E-state index contributed by atoms with van der Waals surface area (Å²) < 4.78 is 6.36. The number of fused-ring (bicyclic) bond motifs is 1. The Kier molecular flexibility index (Phi) is 5.45. The molecule has 1 amide bonds. The highest BCUT2D eigenvalue weighted by Crippen LogP contribution is 2.27. The first kappa shape index (κ1) is 19.5. The Labute approximate surface area is 162 Å². The number of benzene rings is 1. The molecule has 28 heavy (non-hydrogen) atoms. The fourth-order valence-corrected chi connectivity index (χ4v) is 3.48. The van der Waals surface area contributed by atoms with Crippen molar-refractivity contribution in [2.24, 2.45) is 7.05 Å². The molecule has 2 aromatic rings. The molecule has 1 heterocycles. The summed E-state index contributed by atoms with van der Waals surface area (Å²) in [5, 5.41) is 16.9. The monoisotopic (exact) mass is 382 g/mol. The molecule has 8 nitrogen and oxygen atoms in total. The van der Waals surface area contributed by atoms with E-state index in [1.807, 2.05) is 0 Å². The number of rotatable bonds is 4. The van der Waals surface area contributed by atoms with Gasteiger partial charge in [-0.15, -0.1) is 0 Å². The molecule has 0 saturated heterocycles. The van der Waals surface area contributed by atoms with E-state index in [0.717, 1.165) is 23.9 Å². The summed E-state index contributed by atoms with van der Waals surface area (Å²) in [5.74, 6) is -1.32. The van der Waals surface area contributed by atoms with Gasteiger partial charge in [-0.2, -0.15) is 10.4 Å². The second-order valence-electron chi connectivity index (χ2n) is 7.11. The fourth-order valence-electron chi connectivity index (χ4n) is 3.48. The third-order valence-electron chi connectivity index (χ3n) is 5.09. The van der Waals surface area contributed by atoms with Gasteiger partial charge in [-0.3, -0.25) is 9.59 Å². The number of hydrogen-bond donors (Lipinski definition) is 1. The maximum absolute atomic E-state index is 12.6. The highest BCUT2D eigenvalue weighted by molar-refractivity contribution is 6.02. The number of aryl methyl sites for hydroxylation is 1. The molecule has 1 fully saturated rings. The lowest BCUT2D eigenvalue weighted by Crippen LogP contribution is -2.52. The molecule has 0 radical (unpaired) electrons. The molecule has 1 aliphatic carbocycles. The van der Waals surface area contributed by atoms with Gasteiger partial charge in [0.05, 0.1) is 11.5 Å². The molecular weight excluding hydrogens is 360 g/mol. The van der Waals surface area contributed by atoms with Gasteiger partial charge >= 0.3 is 5.97 Å². The van der Waals surface area contributed by atoms with E-state index in [4.69, 9.17) is 4.74 Å². The van der Waals surface area contributed by atoms with Crippen molar-refractivity contribution in [1.82, 2.24) is 15.1 Å². The van der Waals surface area contributed by atoms with Crippen LogP contribution in [-0.4, -0.2) is 33.3 Å². The van der Waals surface area contributed by atoms with Crippen molar-refractivity contribution in [1.29, 1.82) is 5.26 Å². The Hall–Kier alpha value is -3.21. The number of hydrogen-bond acceptors (Lipinski definition) is 6. The van der Waals surface area contributed by atoms with E-state index >= 15 is 0 Å². The maximum atomic E-state index is 12.6. The largest absolute Gasteiger partial charge is 0.448 e.